The number of rotatable bonds is 7. The first-order chi connectivity index (χ1) is 13.4. The summed E-state index contributed by atoms with van der Waals surface area (Å²) in [5.74, 6) is -0.261. The molecule has 0 bridgehead atoms. The molecule has 0 radical (unpaired) electrons. The molecule has 0 atom stereocenters. The zero-order chi connectivity index (χ0) is 20.1. The smallest absolute Gasteiger partial charge is 0.337 e. The molecule has 3 aromatic carbocycles. The number of carboxylic acids is 1. The number of benzene rings is 3. The normalized spacial score (nSPS) is 10.5. The van der Waals surface area contributed by atoms with E-state index in [1.54, 1.807) is 12.1 Å². The average molecular weight is 461 g/mol. The van der Waals surface area contributed by atoms with Gasteiger partial charge in [0.05, 0.1) is 10.6 Å². The summed E-state index contributed by atoms with van der Waals surface area (Å²) in [4.78, 5) is 11.1. The minimum atomic E-state index is -1.05. The van der Waals surface area contributed by atoms with Crippen molar-refractivity contribution in [1.82, 2.24) is 0 Å². The Labute approximate surface area is 177 Å². The van der Waals surface area contributed by atoms with Crippen LogP contribution in [0, 0.1) is 6.92 Å². The molecule has 28 heavy (non-hydrogen) atoms. The van der Waals surface area contributed by atoms with Crippen molar-refractivity contribution in [3.05, 3.63) is 92.4 Å². The van der Waals surface area contributed by atoms with Crippen LogP contribution in [0.5, 0.6) is 5.75 Å². The number of aryl methyl sites for hydroxylation is 1. The molecule has 0 aliphatic carbocycles. The number of nitrogens with one attached hydrogen (secondary N) is 1. The first-order valence-electron chi connectivity index (χ1n) is 8.66. The van der Waals surface area contributed by atoms with Crippen molar-refractivity contribution >= 4 is 39.2 Å². The van der Waals surface area contributed by atoms with E-state index in [0.29, 0.717) is 13.2 Å². The molecule has 0 fully saturated rings. The first kappa shape index (κ1) is 20.2. The summed E-state index contributed by atoms with van der Waals surface area (Å²) in [5.41, 5.74) is 4.12. The minimum absolute atomic E-state index is 0.0805. The van der Waals surface area contributed by atoms with Gasteiger partial charge in [-0.15, -0.1) is 0 Å². The molecule has 0 aliphatic rings. The van der Waals surface area contributed by atoms with Crippen LogP contribution in [-0.4, -0.2) is 11.1 Å². The van der Waals surface area contributed by atoms with Crippen LogP contribution in [0.1, 0.15) is 27.0 Å². The molecular formula is C22H19BrClNO3. The summed E-state index contributed by atoms with van der Waals surface area (Å²) < 4.78 is 7.01. The topological polar surface area (TPSA) is 58.6 Å². The van der Waals surface area contributed by atoms with Crippen LogP contribution >= 0.6 is 27.5 Å². The molecule has 2 N–H and O–H groups in total. The second kappa shape index (κ2) is 9.13. The molecule has 4 nitrogen and oxygen atoms in total. The number of hydrogen-bond donors (Lipinski definition) is 2. The number of anilines is 1. The molecule has 0 amide bonds. The molecule has 0 aliphatic heterocycles. The monoisotopic (exact) mass is 459 g/mol. The Morgan fingerprint density at radius 1 is 1.11 bits per heavy atom. The Hall–Kier alpha value is -2.50. The van der Waals surface area contributed by atoms with Crippen molar-refractivity contribution < 1.29 is 14.6 Å². The molecule has 0 aromatic heterocycles. The van der Waals surface area contributed by atoms with E-state index < -0.39 is 5.97 Å². The van der Waals surface area contributed by atoms with Crippen molar-refractivity contribution in [3.8, 4) is 5.75 Å². The van der Waals surface area contributed by atoms with E-state index in [1.165, 1.54) is 11.6 Å². The van der Waals surface area contributed by atoms with Crippen molar-refractivity contribution in [1.29, 1.82) is 0 Å². The van der Waals surface area contributed by atoms with Gasteiger partial charge in [0.15, 0.2) is 0 Å². The van der Waals surface area contributed by atoms with E-state index in [-0.39, 0.29) is 10.6 Å². The van der Waals surface area contributed by atoms with E-state index in [1.807, 2.05) is 30.3 Å². The predicted octanol–water partition coefficient (Wildman–Crippen LogP) is 6.30. The third kappa shape index (κ3) is 5.06. The van der Waals surface area contributed by atoms with Gasteiger partial charge in [0.2, 0.25) is 0 Å². The summed E-state index contributed by atoms with van der Waals surface area (Å²) in [7, 11) is 0. The van der Waals surface area contributed by atoms with Crippen LogP contribution in [0.3, 0.4) is 0 Å². The summed E-state index contributed by atoms with van der Waals surface area (Å²) >= 11 is 9.54. The zero-order valence-electron chi connectivity index (χ0n) is 15.2. The largest absolute Gasteiger partial charge is 0.489 e. The maximum Gasteiger partial charge on any atom is 0.337 e. The van der Waals surface area contributed by atoms with Gasteiger partial charge in [-0.05, 0) is 54.4 Å². The highest BCUT2D eigenvalue weighted by Gasteiger charge is 2.10. The van der Waals surface area contributed by atoms with Gasteiger partial charge in [-0.2, -0.15) is 0 Å². The summed E-state index contributed by atoms with van der Waals surface area (Å²) in [6.45, 7) is 3.05. The fraction of sp³-hybridized carbons (Fsp3) is 0.136. The highest BCUT2D eigenvalue weighted by atomic mass is 79.9. The standard InChI is InChI=1S/C22H19BrClNO3/c1-14-4-2-3-5-15(14)13-28-21-9-6-17(23)10-16(21)12-25-18-7-8-19(22(26)27)20(24)11-18/h2-11,25H,12-13H2,1H3,(H,26,27). The predicted molar refractivity (Wildman–Crippen MR) is 115 cm³/mol. The van der Waals surface area contributed by atoms with Gasteiger partial charge in [-0.25, -0.2) is 4.79 Å². The van der Waals surface area contributed by atoms with Crippen LogP contribution in [0.4, 0.5) is 5.69 Å². The maximum atomic E-state index is 11.1. The van der Waals surface area contributed by atoms with Crippen molar-refractivity contribution in [3.63, 3.8) is 0 Å². The molecule has 6 heteroatoms. The van der Waals surface area contributed by atoms with Crippen LogP contribution in [0.25, 0.3) is 0 Å². The van der Waals surface area contributed by atoms with Crippen LogP contribution in [0.15, 0.2) is 65.1 Å². The summed E-state index contributed by atoms with van der Waals surface area (Å²) in [5, 5.41) is 12.5. The Morgan fingerprint density at radius 3 is 2.61 bits per heavy atom. The number of hydrogen-bond acceptors (Lipinski definition) is 3. The second-order valence-corrected chi connectivity index (χ2v) is 7.64. The van der Waals surface area contributed by atoms with E-state index in [0.717, 1.165) is 27.0 Å². The van der Waals surface area contributed by atoms with E-state index in [9.17, 15) is 4.79 Å². The Balaban J connectivity index is 1.73. The zero-order valence-corrected chi connectivity index (χ0v) is 17.5. The number of carbonyl (C=O) groups is 1. The lowest BCUT2D eigenvalue weighted by molar-refractivity contribution is 0.0697. The van der Waals surface area contributed by atoms with E-state index in [2.05, 4.69) is 40.3 Å². The molecule has 3 rings (SSSR count). The maximum absolute atomic E-state index is 11.1. The van der Waals surface area contributed by atoms with Crippen molar-refractivity contribution in [2.45, 2.75) is 20.1 Å². The van der Waals surface area contributed by atoms with Crippen molar-refractivity contribution in [2.75, 3.05) is 5.32 Å². The third-order valence-corrected chi connectivity index (χ3v) is 5.16. The lowest BCUT2D eigenvalue weighted by Crippen LogP contribution is -2.05. The number of aromatic carboxylic acids is 1. The molecule has 0 heterocycles. The molecule has 144 valence electrons. The summed E-state index contributed by atoms with van der Waals surface area (Å²) in [6.07, 6.45) is 0. The summed E-state index contributed by atoms with van der Waals surface area (Å²) in [6, 6.07) is 18.8. The molecule has 0 saturated heterocycles. The number of carboxylic acid groups (broad SMARTS) is 1. The van der Waals surface area contributed by atoms with Gasteiger partial charge >= 0.3 is 5.97 Å². The Morgan fingerprint density at radius 2 is 1.89 bits per heavy atom. The van der Waals surface area contributed by atoms with Gasteiger partial charge < -0.3 is 15.2 Å². The third-order valence-electron chi connectivity index (χ3n) is 4.35. The number of halogens is 2. The Kier molecular flexibility index (Phi) is 6.60. The first-order valence-corrected chi connectivity index (χ1v) is 9.83. The van der Waals surface area contributed by atoms with Gasteiger partial charge in [-0.3, -0.25) is 0 Å². The SMILES string of the molecule is Cc1ccccc1COc1ccc(Br)cc1CNc1ccc(C(=O)O)c(Cl)c1. The minimum Gasteiger partial charge on any atom is -0.489 e. The molecule has 0 unspecified atom stereocenters. The van der Waals surface area contributed by atoms with Gasteiger partial charge in [0.1, 0.15) is 12.4 Å². The van der Waals surface area contributed by atoms with Gasteiger partial charge in [-0.1, -0.05) is 51.8 Å². The van der Waals surface area contributed by atoms with Gasteiger partial charge in [0, 0.05) is 22.3 Å². The van der Waals surface area contributed by atoms with Crippen LogP contribution in [0.2, 0.25) is 5.02 Å². The number of ether oxygens (including phenoxy) is 1. The molecule has 3 aromatic rings. The molecular weight excluding hydrogens is 442 g/mol. The lowest BCUT2D eigenvalue weighted by atomic mass is 10.1. The van der Waals surface area contributed by atoms with Crippen molar-refractivity contribution in [2.24, 2.45) is 0 Å². The second-order valence-electron chi connectivity index (χ2n) is 6.32. The quantitative estimate of drug-likeness (QED) is 0.434. The fourth-order valence-corrected chi connectivity index (χ4v) is 3.42. The fourth-order valence-electron chi connectivity index (χ4n) is 2.75. The molecule has 0 saturated carbocycles. The van der Waals surface area contributed by atoms with Crippen LogP contribution < -0.4 is 10.1 Å². The van der Waals surface area contributed by atoms with E-state index in [4.69, 9.17) is 21.4 Å². The van der Waals surface area contributed by atoms with Crippen LogP contribution in [-0.2, 0) is 13.2 Å². The Bertz CT molecular complexity index is 1010. The molecule has 0 spiro atoms. The highest BCUT2D eigenvalue weighted by Crippen LogP contribution is 2.27. The lowest BCUT2D eigenvalue weighted by Gasteiger charge is -2.15. The average Bonchev–Trinajstić information content (AvgIpc) is 2.66. The van der Waals surface area contributed by atoms with Gasteiger partial charge in [0.25, 0.3) is 0 Å². The highest BCUT2D eigenvalue weighted by molar-refractivity contribution is 9.10. The van der Waals surface area contributed by atoms with E-state index >= 15 is 0 Å².